The van der Waals surface area contributed by atoms with Crippen LogP contribution in [0, 0.1) is 0 Å². The molecule has 15 heavy (non-hydrogen) atoms. The molecular formula is C12H16N2S. The molecule has 0 saturated carbocycles. The van der Waals surface area contributed by atoms with Gasteiger partial charge >= 0.3 is 0 Å². The van der Waals surface area contributed by atoms with Crippen LogP contribution in [0.25, 0.3) is 10.2 Å². The molecule has 0 amide bonds. The van der Waals surface area contributed by atoms with Gasteiger partial charge in [0.05, 0.1) is 15.2 Å². The maximum absolute atomic E-state index is 5.75. The van der Waals surface area contributed by atoms with E-state index in [0.717, 1.165) is 17.6 Å². The molecule has 0 unspecified atom stereocenters. The summed E-state index contributed by atoms with van der Waals surface area (Å²) in [6, 6.07) is 5.91. The standard InChI is InChI=1S/C12H16N2S/c1-4-12(2,3)11-14-9-6-5-8(13)7-10(9)15-11/h5-7H,4,13H2,1-3H3. The van der Waals surface area contributed by atoms with Gasteiger partial charge in [0.25, 0.3) is 0 Å². The highest BCUT2D eigenvalue weighted by molar-refractivity contribution is 7.18. The molecule has 2 aromatic rings. The van der Waals surface area contributed by atoms with Crippen LogP contribution in [-0.2, 0) is 5.41 Å². The summed E-state index contributed by atoms with van der Waals surface area (Å²) in [6.07, 6.45) is 1.10. The second kappa shape index (κ2) is 3.49. The quantitative estimate of drug-likeness (QED) is 0.786. The van der Waals surface area contributed by atoms with Crippen LogP contribution in [0.15, 0.2) is 18.2 Å². The second-order valence-electron chi connectivity index (χ2n) is 4.48. The van der Waals surface area contributed by atoms with Gasteiger partial charge in [0.15, 0.2) is 0 Å². The molecule has 1 aromatic carbocycles. The maximum Gasteiger partial charge on any atom is 0.0994 e. The first-order valence-electron chi connectivity index (χ1n) is 5.19. The average molecular weight is 220 g/mol. The van der Waals surface area contributed by atoms with Gasteiger partial charge in [0.1, 0.15) is 0 Å². The fourth-order valence-electron chi connectivity index (χ4n) is 1.38. The van der Waals surface area contributed by atoms with Gasteiger partial charge in [-0.05, 0) is 24.6 Å². The molecule has 0 saturated heterocycles. The van der Waals surface area contributed by atoms with E-state index in [-0.39, 0.29) is 5.41 Å². The van der Waals surface area contributed by atoms with Crippen LogP contribution in [0.2, 0.25) is 0 Å². The topological polar surface area (TPSA) is 38.9 Å². The van der Waals surface area contributed by atoms with Gasteiger partial charge in [-0.3, -0.25) is 0 Å². The normalized spacial score (nSPS) is 12.2. The minimum Gasteiger partial charge on any atom is -0.399 e. The van der Waals surface area contributed by atoms with Gasteiger partial charge < -0.3 is 5.73 Å². The Morgan fingerprint density at radius 1 is 1.40 bits per heavy atom. The van der Waals surface area contributed by atoms with Crippen molar-refractivity contribution in [1.82, 2.24) is 4.98 Å². The summed E-state index contributed by atoms with van der Waals surface area (Å²) in [6.45, 7) is 6.66. The van der Waals surface area contributed by atoms with E-state index in [4.69, 9.17) is 5.73 Å². The molecule has 0 radical (unpaired) electrons. The zero-order chi connectivity index (χ0) is 11.1. The van der Waals surface area contributed by atoms with E-state index in [1.54, 1.807) is 11.3 Å². The van der Waals surface area contributed by atoms with Crippen molar-refractivity contribution in [3.63, 3.8) is 0 Å². The molecule has 80 valence electrons. The third kappa shape index (κ3) is 1.84. The number of rotatable bonds is 2. The lowest BCUT2D eigenvalue weighted by Gasteiger charge is -2.18. The molecule has 2 nitrogen and oxygen atoms in total. The highest BCUT2D eigenvalue weighted by Crippen LogP contribution is 2.34. The highest BCUT2D eigenvalue weighted by atomic mass is 32.1. The van der Waals surface area contributed by atoms with Crippen molar-refractivity contribution in [3.8, 4) is 0 Å². The zero-order valence-corrected chi connectivity index (χ0v) is 10.2. The maximum atomic E-state index is 5.75. The first-order valence-corrected chi connectivity index (χ1v) is 6.01. The molecule has 2 rings (SSSR count). The van der Waals surface area contributed by atoms with Crippen LogP contribution in [0.5, 0.6) is 0 Å². The lowest BCUT2D eigenvalue weighted by molar-refractivity contribution is 0.504. The summed E-state index contributed by atoms with van der Waals surface area (Å²) in [4.78, 5) is 4.66. The van der Waals surface area contributed by atoms with E-state index in [1.807, 2.05) is 18.2 Å². The molecule has 3 heteroatoms. The number of nitrogen functional groups attached to an aromatic ring is 1. The van der Waals surface area contributed by atoms with E-state index in [2.05, 4.69) is 25.8 Å². The van der Waals surface area contributed by atoms with Crippen LogP contribution < -0.4 is 5.73 Å². The number of thiazole rings is 1. The predicted molar refractivity (Wildman–Crippen MR) is 67.3 cm³/mol. The van der Waals surface area contributed by atoms with Gasteiger partial charge in [-0.15, -0.1) is 11.3 Å². The average Bonchev–Trinajstić information content (AvgIpc) is 2.61. The summed E-state index contributed by atoms with van der Waals surface area (Å²) < 4.78 is 1.19. The lowest BCUT2D eigenvalue weighted by Crippen LogP contribution is -2.14. The van der Waals surface area contributed by atoms with Gasteiger partial charge in [-0.25, -0.2) is 4.98 Å². The van der Waals surface area contributed by atoms with Crippen molar-refractivity contribution in [1.29, 1.82) is 0 Å². The Morgan fingerprint density at radius 3 is 2.80 bits per heavy atom. The number of anilines is 1. The first-order chi connectivity index (χ1) is 7.03. The molecule has 0 fully saturated rings. The Bertz CT molecular complexity index is 485. The van der Waals surface area contributed by atoms with E-state index in [9.17, 15) is 0 Å². The minimum absolute atomic E-state index is 0.165. The number of benzene rings is 1. The van der Waals surface area contributed by atoms with Crippen LogP contribution in [-0.4, -0.2) is 4.98 Å². The molecule has 0 spiro atoms. The van der Waals surface area contributed by atoms with E-state index in [1.165, 1.54) is 9.71 Å². The Balaban J connectivity index is 2.56. The number of fused-ring (bicyclic) bond motifs is 1. The molecule has 0 aliphatic rings. The Morgan fingerprint density at radius 2 is 2.13 bits per heavy atom. The zero-order valence-electron chi connectivity index (χ0n) is 9.37. The molecule has 0 bridgehead atoms. The third-order valence-corrected chi connectivity index (χ3v) is 4.26. The fourth-order valence-corrected chi connectivity index (χ4v) is 2.57. The molecule has 0 aliphatic carbocycles. The number of aromatic nitrogens is 1. The smallest absolute Gasteiger partial charge is 0.0994 e. The highest BCUT2D eigenvalue weighted by Gasteiger charge is 2.22. The van der Waals surface area contributed by atoms with Crippen molar-refractivity contribution < 1.29 is 0 Å². The fraction of sp³-hybridized carbons (Fsp3) is 0.417. The van der Waals surface area contributed by atoms with Crippen LogP contribution in [0.4, 0.5) is 5.69 Å². The summed E-state index contributed by atoms with van der Waals surface area (Å²) in [5.74, 6) is 0. The first kappa shape index (κ1) is 10.4. The van der Waals surface area contributed by atoms with Crippen LogP contribution in [0.3, 0.4) is 0 Å². The van der Waals surface area contributed by atoms with Gasteiger partial charge in [0.2, 0.25) is 0 Å². The van der Waals surface area contributed by atoms with Crippen molar-refractivity contribution in [3.05, 3.63) is 23.2 Å². The Labute approximate surface area is 94.1 Å². The minimum atomic E-state index is 0.165. The number of nitrogens with two attached hydrogens (primary N) is 1. The molecule has 1 heterocycles. The van der Waals surface area contributed by atoms with Crippen LogP contribution >= 0.6 is 11.3 Å². The van der Waals surface area contributed by atoms with Crippen molar-refractivity contribution >= 4 is 27.2 Å². The third-order valence-electron chi connectivity index (χ3n) is 2.88. The molecule has 0 aliphatic heterocycles. The summed E-state index contributed by atoms with van der Waals surface area (Å²) in [5, 5.41) is 1.20. The second-order valence-corrected chi connectivity index (χ2v) is 5.51. The number of hydrogen-bond acceptors (Lipinski definition) is 3. The predicted octanol–water partition coefficient (Wildman–Crippen LogP) is 3.57. The van der Waals surface area contributed by atoms with E-state index in [0.29, 0.717) is 0 Å². The van der Waals surface area contributed by atoms with Gasteiger partial charge in [-0.1, -0.05) is 20.8 Å². The number of hydrogen-bond donors (Lipinski definition) is 1. The van der Waals surface area contributed by atoms with Crippen LogP contribution in [0.1, 0.15) is 32.2 Å². The SMILES string of the molecule is CCC(C)(C)c1nc2ccc(N)cc2s1. The monoisotopic (exact) mass is 220 g/mol. The molecule has 0 atom stereocenters. The molecule has 2 N–H and O–H groups in total. The molecule has 1 aromatic heterocycles. The van der Waals surface area contributed by atoms with Crippen molar-refractivity contribution in [2.24, 2.45) is 0 Å². The summed E-state index contributed by atoms with van der Waals surface area (Å²) >= 11 is 1.75. The van der Waals surface area contributed by atoms with Crippen molar-refractivity contribution in [2.45, 2.75) is 32.6 Å². The van der Waals surface area contributed by atoms with Gasteiger partial charge in [0, 0.05) is 11.1 Å². The summed E-state index contributed by atoms with van der Waals surface area (Å²) in [5.41, 5.74) is 7.79. The molecular weight excluding hydrogens is 204 g/mol. The van der Waals surface area contributed by atoms with E-state index < -0.39 is 0 Å². The lowest BCUT2D eigenvalue weighted by atomic mass is 9.91. The van der Waals surface area contributed by atoms with Gasteiger partial charge in [-0.2, -0.15) is 0 Å². The Kier molecular flexibility index (Phi) is 2.43. The Hall–Kier alpha value is -1.09. The summed E-state index contributed by atoms with van der Waals surface area (Å²) in [7, 11) is 0. The number of nitrogens with zero attached hydrogens (tertiary/aromatic N) is 1. The van der Waals surface area contributed by atoms with Crippen molar-refractivity contribution in [2.75, 3.05) is 5.73 Å². The van der Waals surface area contributed by atoms with E-state index >= 15 is 0 Å². The largest absolute Gasteiger partial charge is 0.399 e.